The van der Waals surface area contributed by atoms with Gasteiger partial charge in [-0.2, -0.15) is 5.26 Å². The molecule has 0 heterocycles. The van der Waals surface area contributed by atoms with Gasteiger partial charge in [0.15, 0.2) is 5.78 Å². The molecule has 0 bridgehead atoms. The van der Waals surface area contributed by atoms with Gasteiger partial charge in [0.25, 0.3) is 0 Å². The molecule has 1 rings (SSSR count). The number of nitrogens with zero attached hydrogens (tertiary/aromatic N) is 2. The van der Waals surface area contributed by atoms with Crippen molar-refractivity contribution in [2.45, 2.75) is 0 Å². The Bertz CT molecular complexity index is 445. The first-order valence-corrected chi connectivity index (χ1v) is 5.43. The number of halogens is 1. The van der Waals surface area contributed by atoms with E-state index < -0.39 is 0 Å². The number of benzene rings is 1. The standard InChI is InChI=1S/C12H11BrN2O/c1-9(7-14)15(2)8-12(16)10-3-5-11(13)6-4-10/h3-6H,1,8H2,2H3. The summed E-state index contributed by atoms with van der Waals surface area (Å²) in [6.45, 7) is 3.70. The van der Waals surface area contributed by atoms with Crippen LogP contribution < -0.4 is 0 Å². The van der Waals surface area contributed by atoms with E-state index in [9.17, 15) is 4.79 Å². The van der Waals surface area contributed by atoms with Crippen molar-refractivity contribution in [3.8, 4) is 6.07 Å². The molecule has 1 aromatic carbocycles. The van der Waals surface area contributed by atoms with E-state index in [1.54, 1.807) is 19.2 Å². The molecule has 0 unspecified atom stereocenters. The largest absolute Gasteiger partial charge is 0.359 e. The number of rotatable bonds is 4. The van der Waals surface area contributed by atoms with Crippen LogP contribution in [-0.4, -0.2) is 24.3 Å². The quantitative estimate of drug-likeness (QED) is 0.628. The molecule has 4 heteroatoms. The summed E-state index contributed by atoms with van der Waals surface area (Å²) in [6, 6.07) is 9.02. The highest BCUT2D eigenvalue weighted by molar-refractivity contribution is 9.10. The number of hydrogen-bond acceptors (Lipinski definition) is 3. The van der Waals surface area contributed by atoms with Gasteiger partial charge in [0.05, 0.1) is 6.54 Å². The summed E-state index contributed by atoms with van der Waals surface area (Å²) >= 11 is 3.30. The molecule has 82 valence electrons. The van der Waals surface area contributed by atoms with Crippen LogP contribution in [0.25, 0.3) is 0 Å². The van der Waals surface area contributed by atoms with Gasteiger partial charge in [0.1, 0.15) is 11.8 Å². The molecular weight excluding hydrogens is 268 g/mol. The maximum atomic E-state index is 11.8. The maximum Gasteiger partial charge on any atom is 0.182 e. The lowest BCUT2D eigenvalue weighted by Gasteiger charge is -2.15. The molecule has 0 spiro atoms. The molecule has 0 fully saturated rings. The number of ketones is 1. The van der Waals surface area contributed by atoms with Crippen molar-refractivity contribution in [1.29, 1.82) is 5.26 Å². The normalized spacial score (nSPS) is 9.31. The van der Waals surface area contributed by atoms with E-state index >= 15 is 0 Å². The summed E-state index contributed by atoms with van der Waals surface area (Å²) in [7, 11) is 1.67. The minimum Gasteiger partial charge on any atom is -0.359 e. The summed E-state index contributed by atoms with van der Waals surface area (Å²) in [5.41, 5.74) is 0.909. The van der Waals surface area contributed by atoms with E-state index in [1.165, 1.54) is 4.90 Å². The maximum absolute atomic E-state index is 11.8. The van der Waals surface area contributed by atoms with Gasteiger partial charge in [-0.25, -0.2) is 0 Å². The topological polar surface area (TPSA) is 44.1 Å². The van der Waals surface area contributed by atoms with Crippen LogP contribution in [0.15, 0.2) is 41.0 Å². The van der Waals surface area contributed by atoms with Crippen LogP contribution in [0.3, 0.4) is 0 Å². The molecule has 0 saturated heterocycles. The molecule has 3 nitrogen and oxygen atoms in total. The Morgan fingerprint density at radius 1 is 1.50 bits per heavy atom. The fourth-order valence-electron chi connectivity index (χ4n) is 1.12. The fraction of sp³-hybridized carbons (Fsp3) is 0.167. The lowest BCUT2D eigenvalue weighted by molar-refractivity contribution is 0.0962. The smallest absolute Gasteiger partial charge is 0.182 e. The summed E-state index contributed by atoms with van der Waals surface area (Å²) < 4.78 is 0.929. The zero-order chi connectivity index (χ0) is 12.1. The number of carbonyl (C=O) groups is 1. The van der Waals surface area contributed by atoms with Crippen molar-refractivity contribution < 1.29 is 4.79 Å². The van der Waals surface area contributed by atoms with Gasteiger partial charge in [-0.3, -0.25) is 4.79 Å². The molecule has 0 amide bonds. The Kier molecular flexibility index (Phi) is 4.27. The molecule has 0 aliphatic carbocycles. The van der Waals surface area contributed by atoms with Crippen molar-refractivity contribution in [3.05, 3.63) is 46.6 Å². The van der Waals surface area contributed by atoms with Crippen LogP contribution >= 0.6 is 15.9 Å². The number of allylic oxidation sites excluding steroid dienone is 1. The molecule has 0 saturated carbocycles. The van der Waals surface area contributed by atoms with Crippen molar-refractivity contribution in [2.75, 3.05) is 13.6 Å². The average Bonchev–Trinajstić information content (AvgIpc) is 2.28. The van der Waals surface area contributed by atoms with Crippen molar-refractivity contribution >= 4 is 21.7 Å². The first-order valence-electron chi connectivity index (χ1n) is 4.63. The van der Waals surface area contributed by atoms with Crippen LogP contribution in [0.4, 0.5) is 0 Å². The minimum absolute atomic E-state index is 0.0357. The van der Waals surface area contributed by atoms with E-state index in [2.05, 4.69) is 22.5 Å². The third-order valence-electron chi connectivity index (χ3n) is 2.14. The fourth-order valence-corrected chi connectivity index (χ4v) is 1.39. The molecule has 16 heavy (non-hydrogen) atoms. The van der Waals surface area contributed by atoms with Crippen molar-refractivity contribution in [3.63, 3.8) is 0 Å². The molecule has 0 aromatic heterocycles. The first kappa shape index (κ1) is 12.5. The van der Waals surface area contributed by atoms with Gasteiger partial charge in [0.2, 0.25) is 0 Å². The Hall–Kier alpha value is -1.60. The van der Waals surface area contributed by atoms with Gasteiger partial charge >= 0.3 is 0 Å². The Labute approximate surface area is 103 Å². The molecule has 1 aromatic rings. The second-order valence-corrected chi connectivity index (χ2v) is 4.26. The predicted molar refractivity (Wildman–Crippen MR) is 65.9 cm³/mol. The van der Waals surface area contributed by atoms with Gasteiger partial charge in [-0.15, -0.1) is 0 Å². The summed E-state index contributed by atoms with van der Waals surface area (Å²) in [5, 5.41) is 8.62. The van der Waals surface area contributed by atoms with Crippen molar-refractivity contribution in [1.82, 2.24) is 4.90 Å². The summed E-state index contributed by atoms with van der Waals surface area (Å²) in [5.74, 6) is -0.0357. The number of likely N-dealkylation sites (N-methyl/N-ethyl adjacent to an activating group) is 1. The number of carbonyl (C=O) groups excluding carboxylic acids is 1. The number of hydrogen-bond donors (Lipinski definition) is 0. The molecule has 0 N–H and O–H groups in total. The van der Waals surface area contributed by atoms with E-state index in [4.69, 9.17) is 5.26 Å². The van der Waals surface area contributed by atoms with Gasteiger partial charge in [-0.1, -0.05) is 34.6 Å². The SMILES string of the molecule is C=C(C#N)N(C)CC(=O)c1ccc(Br)cc1. The van der Waals surface area contributed by atoms with E-state index in [0.29, 0.717) is 5.56 Å². The van der Waals surface area contributed by atoms with Crippen LogP contribution in [0, 0.1) is 11.3 Å². The Morgan fingerprint density at radius 2 is 2.06 bits per heavy atom. The average molecular weight is 279 g/mol. The third-order valence-corrected chi connectivity index (χ3v) is 2.67. The molecule has 0 aliphatic heterocycles. The Balaban J connectivity index is 2.70. The van der Waals surface area contributed by atoms with E-state index in [-0.39, 0.29) is 18.0 Å². The zero-order valence-corrected chi connectivity index (χ0v) is 10.5. The highest BCUT2D eigenvalue weighted by atomic mass is 79.9. The highest BCUT2D eigenvalue weighted by Crippen LogP contribution is 2.11. The van der Waals surface area contributed by atoms with Crippen LogP contribution in [0.5, 0.6) is 0 Å². The van der Waals surface area contributed by atoms with Crippen LogP contribution in [0.2, 0.25) is 0 Å². The first-order chi connectivity index (χ1) is 7.54. The predicted octanol–water partition coefficient (Wildman–Crippen LogP) is 2.60. The Morgan fingerprint density at radius 3 is 2.56 bits per heavy atom. The minimum atomic E-state index is -0.0357. The second-order valence-electron chi connectivity index (χ2n) is 3.34. The highest BCUT2D eigenvalue weighted by Gasteiger charge is 2.10. The second kappa shape index (κ2) is 5.47. The lowest BCUT2D eigenvalue weighted by atomic mass is 10.1. The van der Waals surface area contributed by atoms with Gasteiger partial charge in [-0.05, 0) is 12.1 Å². The van der Waals surface area contributed by atoms with E-state index in [1.807, 2.05) is 18.2 Å². The number of Topliss-reactive ketones (excluding diaryl/α,β-unsaturated/α-hetero) is 1. The third kappa shape index (κ3) is 3.21. The van der Waals surface area contributed by atoms with Crippen molar-refractivity contribution in [2.24, 2.45) is 0 Å². The molecule has 0 radical (unpaired) electrons. The van der Waals surface area contributed by atoms with Crippen LogP contribution in [-0.2, 0) is 0 Å². The monoisotopic (exact) mass is 278 g/mol. The molecular formula is C12H11BrN2O. The number of nitriles is 1. The summed E-state index contributed by atoms with van der Waals surface area (Å²) in [4.78, 5) is 13.3. The van der Waals surface area contributed by atoms with Gasteiger partial charge in [0, 0.05) is 17.1 Å². The lowest BCUT2D eigenvalue weighted by Crippen LogP contribution is -2.24. The van der Waals surface area contributed by atoms with Gasteiger partial charge < -0.3 is 4.90 Å². The zero-order valence-electron chi connectivity index (χ0n) is 8.90. The van der Waals surface area contributed by atoms with Crippen LogP contribution in [0.1, 0.15) is 10.4 Å². The molecule has 0 atom stereocenters. The molecule has 0 aliphatic rings. The summed E-state index contributed by atoms with van der Waals surface area (Å²) in [6.07, 6.45) is 0. The van der Waals surface area contributed by atoms with E-state index in [0.717, 1.165) is 4.47 Å².